The lowest BCUT2D eigenvalue weighted by atomic mass is 9.86. The molecule has 0 bridgehead atoms. The Morgan fingerprint density at radius 3 is 2.89 bits per heavy atom. The molecule has 1 aliphatic rings. The number of aromatic hydroxyl groups is 1. The van der Waals surface area contributed by atoms with E-state index >= 15 is 0 Å². The maximum atomic E-state index is 9.86. The number of aryl methyl sites for hydroxylation is 1. The third kappa shape index (κ3) is 3.43. The molecule has 1 saturated carbocycles. The molecular formula is C14H22N2O2. The second-order valence-corrected chi connectivity index (χ2v) is 5.16. The van der Waals surface area contributed by atoms with E-state index in [0.717, 1.165) is 31.5 Å². The number of aliphatic hydroxyl groups is 1. The fraction of sp³-hybridized carbons (Fsp3) is 0.643. The van der Waals surface area contributed by atoms with E-state index in [4.69, 9.17) is 0 Å². The Balaban J connectivity index is 1.82. The zero-order valence-electron chi connectivity index (χ0n) is 10.9. The van der Waals surface area contributed by atoms with Crippen molar-refractivity contribution in [2.45, 2.75) is 45.3 Å². The van der Waals surface area contributed by atoms with Gasteiger partial charge in [0.2, 0.25) is 0 Å². The molecule has 1 fully saturated rings. The van der Waals surface area contributed by atoms with Gasteiger partial charge in [0.05, 0.1) is 11.8 Å². The summed E-state index contributed by atoms with van der Waals surface area (Å²) in [6.45, 7) is 3.25. The summed E-state index contributed by atoms with van der Waals surface area (Å²) in [6.07, 6.45) is 4.17. The highest BCUT2D eigenvalue weighted by Crippen LogP contribution is 2.23. The summed E-state index contributed by atoms with van der Waals surface area (Å²) in [5.74, 6) is 0.572. The zero-order chi connectivity index (χ0) is 13.0. The summed E-state index contributed by atoms with van der Waals surface area (Å²) in [6, 6.07) is 3.47. The van der Waals surface area contributed by atoms with Crippen molar-refractivity contribution in [3.05, 3.63) is 23.5 Å². The van der Waals surface area contributed by atoms with Gasteiger partial charge in [0.25, 0.3) is 0 Å². The number of pyridine rings is 1. The lowest BCUT2D eigenvalue weighted by Crippen LogP contribution is -2.33. The molecule has 0 amide bonds. The molecule has 1 aromatic heterocycles. The number of hydrogen-bond donors (Lipinski definition) is 3. The molecule has 4 nitrogen and oxygen atoms in total. The second-order valence-electron chi connectivity index (χ2n) is 5.16. The van der Waals surface area contributed by atoms with E-state index in [2.05, 4.69) is 10.3 Å². The molecule has 1 heterocycles. The van der Waals surface area contributed by atoms with Crippen LogP contribution in [0.3, 0.4) is 0 Å². The predicted molar refractivity (Wildman–Crippen MR) is 70.3 cm³/mol. The highest BCUT2D eigenvalue weighted by Gasteiger charge is 2.22. The van der Waals surface area contributed by atoms with E-state index in [1.54, 1.807) is 12.1 Å². The van der Waals surface area contributed by atoms with Crippen molar-refractivity contribution in [3.63, 3.8) is 0 Å². The maximum absolute atomic E-state index is 9.86. The molecule has 100 valence electrons. The number of nitrogens with one attached hydrogen (secondary N) is 1. The van der Waals surface area contributed by atoms with Crippen LogP contribution in [0.25, 0.3) is 0 Å². The molecule has 2 rings (SSSR count). The highest BCUT2D eigenvalue weighted by molar-refractivity contribution is 5.27. The van der Waals surface area contributed by atoms with Crippen LogP contribution >= 0.6 is 0 Å². The van der Waals surface area contributed by atoms with Crippen LogP contribution in [0.15, 0.2) is 12.1 Å². The molecule has 2 atom stereocenters. The average molecular weight is 250 g/mol. The van der Waals surface area contributed by atoms with E-state index < -0.39 is 0 Å². The van der Waals surface area contributed by atoms with Crippen molar-refractivity contribution in [2.75, 3.05) is 6.54 Å². The third-order valence-corrected chi connectivity index (χ3v) is 3.66. The highest BCUT2D eigenvalue weighted by atomic mass is 16.3. The molecule has 3 N–H and O–H groups in total. The summed E-state index contributed by atoms with van der Waals surface area (Å²) in [7, 11) is 0. The van der Waals surface area contributed by atoms with Gasteiger partial charge in [0.1, 0.15) is 5.75 Å². The smallest absolute Gasteiger partial charge is 0.138 e. The number of hydrogen-bond acceptors (Lipinski definition) is 4. The van der Waals surface area contributed by atoms with E-state index in [0.29, 0.717) is 18.2 Å². The minimum atomic E-state index is -0.176. The molecule has 1 aromatic rings. The molecule has 18 heavy (non-hydrogen) atoms. The van der Waals surface area contributed by atoms with Crippen LogP contribution in [0.2, 0.25) is 0 Å². The monoisotopic (exact) mass is 250 g/mol. The normalized spacial score (nSPS) is 24.1. The van der Waals surface area contributed by atoms with Crippen molar-refractivity contribution in [1.82, 2.24) is 10.3 Å². The fourth-order valence-corrected chi connectivity index (χ4v) is 2.54. The van der Waals surface area contributed by atoms with Crippen molar-refractivity contribution in [3.8, 4) is 5.75 Å². The zero-order valence-corrected chi connectivity index (χ0v) is 10.9. The maximum Gasteiger partial charge on any atom is 0.138 e. The fourth-order valence-electron chi connectivity index (χ4n) is 2.54. The van der Waals surface area contributed by atoms with Gasteiger partial charge in [0.15, 0.2) is 0 Å². The molecule has 0 radical (unpaired) electrons. The minimum absolute atomic E-state index is 0.176. The Labute approximate surface area is 108 Å². The van der Waals surface area contributed by atoms with Crippen LogP contribution in [0, 0.1) is 12.8 Å². The summed E-state index contributed by atoms with van der Waals surface area (Å²) < 4.78 is 0. The number of nitrogens with zero attached hydrogens (tertiary/aromatic N) is 1. The number of rotatable bonds is 4. The van der Waals surface area contributed by atoms with Crippen LogP contribution in [-0.4, -0.2) is 27.8 Å². The van der Waals surface area contributed by atoms with Crippen molar-refractivity contribution < 1.29 is 10.2 Å². The van der Waals surface area contributed by atoms with Crippen molar-refractivity contribution in [2.24, 2.45) is 5.92 Å². The van der Waals surface area contributed by atoms with Gasteiger partial charge < -0.3 is 15.5 Å². The molecule has 0 aromatic carbocycles. The first-order valence-electron chi connectivity index (χ1n) is 6.71. The number of aliphatic hydroxyl groups excluding tert-OH is 1. The minimum Gasteiger partial charge on any atom is -0.506 e. The van der Waals surface area contributed by atoms with Crippen molar-refractivity contribution >= 4 is 0 Å². The van der Waals surface area contributed by atoms with Gasteiger partial charge in [-0.3, -0.25) is 4.98 Å². The van der Waals surface area contributed by atoms with Crippen LogP contribution < -0.4 is 5.32 Å². The lowest BCUT2D eigenvalue weighted by Gasteiger charge is -2.27. The first kappa shape index (κ1) is 13.3. The van der Waals surface area contributed by atoms with Gasteiger partial charge in [0, 0.05) is 18.8 Å². The standard InChI is InChI=1S/C14H22N2O2/c1-10-6-7-14(18)12(16-10)9-15-8-11-4-2-3-5-13(11)17/h6-7,11,13,15,17-18H,2-5,8-9H2,1H3. The van der Waals surface area contributed by atoms with Gasteiger partial charge in [-0.15, -0.1) is 0 Å². The lowest BCUT2D eigenvalue weighted by molar-refractivity contribution is 0.0694. The van der Waals surface area contributed by atoms with Crippen molar-refractivity contribution in [1.29, 1.82) is 0 Å². The van der Waals surface area contributed by atoms with Gasteiger partial charge in [-0.05, 0) is 37.8 Å². The van der Waals surface area contributed by atoms with E-state index in [-0.39, 0.29) is 11.9 Å². The van der Waals surface area contributed by atoms with Gasteiger partial charge in [-0.25, -0.2) is 0 Å². The summed E-state index contributed by atoms with van der Waals surface area (Å²) >= 11 is 0. The quantitative estimate of drug-likeness (QED) is 0.761. The first-order chi connectivity index (χ1) is 8.66. The summed E-state index contributed by atoms with van der Waals surface area (Å²) in [5.41, 5.74) is 1.59. The van der Waals surface area contributed by atoms with Crippen LogP contribution in [0.5, 0.6) is 5.75 Å². The third-order valence-electron chi connectivity index (χ3n) is 3.66. The Bertz CT molecular complexity index is 395. The Morgan fingerprint density at radius 1 is 1.33 bits per heavy atom. The van der Waals surface area contributed by atoms with E-state index in [1.807, 2.05) is 6.92 Å². The van der Waals surface area contributed by atoms with Crippen LogP contribution in [0.1, 0.15) is 37.1 Å². The summed E-state index contributed by atoms with van der Waals surface area (Å²) in [4.78, 5) is 4.30. The van der Waals surface area contributed by atoms with Crippen LogP contribution in [0.4, 0.5) is 0 Å². The molecule has 4 heteroatoms. The second kappa shape index (κ2) is 6.16. The van der Waals surface area contributed by atoms with E-state index in [1.165, 1.54) is 6.42 Å². The molecule has 0 spiro atoms. The average Bonchev–Trinajstić information content (AvgIpc) is 2.36. The van der Waals surface area contributed by atoms with Gasteiger partial charge in [-0.2, -0.15) is 0 Å². The molecule has 2 unspecified atom stereocenters. The summed E-state index contributed by atoms with van der Waals surface area (Å²) in [5, 5.41) is 22.8. The first-order valence-corrected chi connectivity index (χ1v) is 6.71. The molecule has 1 aliphatic carbocycles. The van der Waals surface area contributed by atoms with Gasteiger partial charge in [-0.1, -0.05) is 12.8 Å². The SMILES string of the molecule is Cc1ccc(O)c(CNCC2CCCCC2O)n1. The molecular weight excluding hydrogens is 228 g/mol. The Kier molecular flexibility index (Phi) is 4.55. The topological polar surface area (TPSA) is 65.4 Å². The Hall–Kier alpha value is -1.13. The number of aromatic nitrogens is 1. The predicted octanol–water partition coefficient (Wildman–Crippen LogP) is 1.74. The van der Waals surface area contributed by atoms with Gasteiger partial charge >= 0.3 is 0 Å². The molecule has 0 aliphatic heterocycles. The largest absolute Gasteiger partial charge is 0.506 e. The van der Waals surface area contributed by atoms with Crippen LogP contribution in [-0.2, 0) is 6.54 Å². The molecule has 0 saturated heterocycles. The Morgan fingerprint density at radius 2 is 2.11 bits per heavy atom. The van der Waals surface area contributed by atoms with E-state index in [9.17, 15) is 10.2 Å².